The lowest BCUT2D eigenvalue weighted by Crippen LogP contribution is -2.45. The minimum Gasteiger partial charge on any atom is -0.381 e. The fourth-order valence-electron chi connectivity index (χ4n) is 3.16. The molecule has 1 amide bonds. The first-order valence-electron chi connectivity index (χ1n) is 8.85. The number of piperidine rings is 1. The van der Waals surface area contributed by atoms with Crippen molar-refractivity contribution in [1.82, 2.24) is 4.31 Å². The van der Waals surface area contributed by atoms with Gasteiger partial charge in [-0.25, -0.2) is 17.2 Å². The summed E-state index contributed by atoms with van der Waals surface area (Å²) in [4.78, 5) is 11.2. The maximum atomic E-state index is 13.4. The Labute approximate surface area is 162 Å². The van der Waals surface area contributed by atoms with Crippen LogP contribution in [-0.2, 0) is 14.8 Å². The zero-order chi connectivity index (χ0) is 20.3. The van der Waals surface area contributed by atoms with Gasteiger partial charge in [-0.1, -0.05) is 0 Å². The first-order valence-corrected chi connectivity index (χ1v) is 10.3. The number of nitrogens with one attached hydrogen (secondary N) is 2. The predicted molar refractivity (Wildman–Crippen MR) is 103 cm³/mol. The molecule has 1 saturated heterocycles. The van der Waals surface area contributed by atoms with Crippen LogP contribution in [-0.4, -0.2) is 37.8 Å². The zero-order valence-corrected chi connectivity index (χ0v) is 16.1. The number of sulfonamides is 1. The van der Waals surface area contributed by atoms with Gasteiger partial charge in [0.15, 0.2) is 11.6 Å². The van der Waals surface area contributed by atoms with E-state index in [1.54, 1.807) is 0 Å². The number of carbonyl (C=O) groups excluding carboxylic acids is 1. The minimum atomic E-state index is -3.70. The third-order valence-electron chi connectivity index (χ3n) is 4.49. The van der Waals surface area contributed by atoms with Crippen LogP contribution in [0.5, 0.6) is 0 Å². The lowest BCUT2D eigenvalue weighted by Gasteiger charge is -2.33. The molecule has 3 rings (SSSR count). The molecule has 28 heavy (non-hydrogen) atoms. The first-order chi connectivity index (χ1) is 13.3. The van der Waals surface area contributed by atoms with Gasteiger partial charge in [-0.2, -0.15) is 4.31 Å². The normalized spacial score (nSPS) is 17.9. The number of hydrogen-bond acceptors (Lipinski definition) is 4. The number of amides is 1. The van der Waals surface area contributed by atoms with Crippen molar-refractivity contribution in [1.29, 1.82) is 0 Å². The van der Waals surface area contributed by atoms with Crippen molar-refractivity contribution < 1.29 is 22.0 Å². The van der Waals surface area contributed by atoms with Crippen LogP contribution in [0.3, 0.4) is 0 Å². The van der Waals surface area contributed by atoms with E-state index in [0.717, 1.165) is 12.1 Å². The van der Waals surface area contributed by atoms with E-state index in [9.17, 15) is 22.0 Å². The third-order valence-corrected chi connectivity index (χ3v) is 6.37. The summed E-state index contributed by atoms with van der Waals surface area (Å²) in [5.74, 6) is -2.12. The van der Waals surface area contributed by atoms with E-state index < -0.39 is 21.7 Å². The van der Waals surface area contributed by atoms with Gasteiger partial charge in [0.2, 0.25) is 15.9 Å². The summed E-state index contributed by atoms with van der Waals surface area (Å²) >= 11 is 0. The molecule has 0 unspecified atom stereocenters. The Bertz CT molecular complexity index is 965. The Morgan fingerprint density at radius 3 is 2.39 bits per heavy atom. The average Bonchev–Trinajstić information content (AvgIpc) is 2.65. The fraction of sp³-hybridized carbons (Fsp3) is 0.316. The van der Waals surface area contributed by atoms with Crippen LogP contribution in [0.1, 0.15) is 19.8 Å². The molecule has 1 atom stereocenters. The van der Waals surface area contributed by atoms with E-state index in [1.165, 1.54) is 41.6 Å². The summed E-state index contributed by atoms with van der Waals surface area (Å²) in [7, 11) is -3.70. The molecular weight excluding hydrogens is 388 g/mol. The van der Waals surface area contributed by atoms with Crippen LogP contribution in [0.15, 0.2) is 47.4 Å². The molecule has 1 aliphatic heterocycles. The smallest absolute Gasteiger partial charge is 0.243 e. The summed E-state index contributed by atoms with van der Waals surface area (Å²) < 4.78 is 53.7. The van der Waals surface area contributed by atoms with Gasteiger partial charge >= 0.3 is 0 Å². The maximum Gasteiger partial charge on any atom is 0.243 e. The topological polar surface area (TPSA) is 78.5 Å². The summed E-state index contributed by atoms with van der Waals surface area (Å²) in [6, 6.07) is 9.28. The molecule has 0 aromatic heterocycles. The maximum absolute atomic E-state index is 13.4. The minimum absolute atomic E-state index is 0.134. The molecular formula is C19H21F2N3O3S. The zero-order valence-electron chi connectivity index (χ0n) is 15.3. The van der Waals surface area contributed by atoms with Crippen LogP contribution < -0.4 is 10.6 Å². The highest BCUT2D eigenvalue weighted by Gasteiger charge is 2.30. The Balaban J connectivity index is 1.71. The first kappa shape index (κ1) is 20.2. The molecule has 2 N–H and O–H groups in total. The Morgan fingerprint density at radius 1 is 1.07 bits per heavy atom. The van der Waals surface area contributed by atoms with Gasteiger partial charge in [0.1, 0.15) is 0 Å². The van der Waals surface area contributed by atoms with E-state index in [2.05, 4.69) is 10.6 Å². The number of hydrogen-bond donors (Lipinski definition) is 2. The molecule has 0 spiro atoms. The van der Waals surface area contributed by atoms with Gasteiger partial charge in [-0.05, 0) is 49.2 Å². The SMILES string of the molecule is CC(=O)Nc1ccc(S(=O)(=O)N2CCC[C@H](Nc3ccc(F)c(F)c3)C2)cc1. The number of nitrogens with zero attached hydrogens (tertiary/aromatic N) is 1. The highest BCUT2D eigenvalue weighted by Crippen LogP contribution is 2.24. The van der Waals surface area contributed by atoms with E-state index in [4.69, 9.17) is 0 Å². The fourth-order valence-corrected chi connectivity index (χ4v) is 4.69. The van der Waals surface area contributed by atoms with E-state index in [-0.39, 0.29) is 23.4 Å². The van der Waals surface area contributed by atoms with Gasteiger partial charge < -0.3 is 10.6 Å². The van der Waals surface area contributed by atoms with Gasteiger partial charge in [0.05, 0.1) is 4.90 Å². The highest BCUT2D eigenvalue weighted by molar-refractivity contribution is 7.89. The van der Waals surface area contributed by atoms with Crippen LogP contribution in [0.4, 0.5) is 20.2 Å². The second-order valence-electron chi connectivity index (χ2n) is 6.68. The molecule has 1 heterocycles. The monoisotopic (exact) mass is 409 g/mol. The van der Waals surface area contributed by atoms with Gasteiger partial charge in [0.25, 0.3) is 0 Å². The molecule has 1 aliphatic rings. The van der Waals surface area contributed by atoms with Crippen LogP contribution in [0.25, 0.3) is 0 Å². The molecule has 0 aliphatic carbocycles. The second-order valence-corrected chi connectivity index (χ2v) is 8.62. The lowest BCUT2D eigenvalue weighted by molar-refractivity contribution is -0.114. The van der Waals surface area contributed by atoms with Crippen molar-refractivity contribution in [3.8, 4) is 0 Å². The van der Waals surface area contributed by atoms with E-state index >= 15 is 0 Å². The van der Waals surface area contributed by atoms with Crippen LogP contribution in [0, 0.1) is 11.6 Å². The quantitative estimate of drug-likeness (QED) is 0.795. The molecule has 0 saturated carbocycles. The highest BCUT2D eigenvalue weighted by atomic mass is 32.2. The number of anilines is 2. The standard InChI is InChI=1S/C19H21F2N3O3S/c1-13(25)22-14-4-7-17(8-5-14)28(26,27)24-10-2-3-16(12-24)23-15-6-9-18(20)19(21)11-15/h4-9,11,16,23H,2-3,10,12H2,1H3,(H,22,25)/t16-/m0/s1. The van der Waals surface area contributed by atoms with E-state index in [1.807, 2.05) is 0 Å². The van der Waals surface area contributed by atoms with E-state index in [0.29, 0.717) is 30.8 Å². The summed E-state index contributed by atoms with van der Waals surface area (Å²) in [6.45, 7) is 1.97. The Hall–Kier alpha value is -2.52. The van der Waals surface area contributed by atoms with Crippen molar-refractivity contribution in [2.45, 2.75) is 30.7 Å². The number of rotatable bonds is 5. The molecule has 6 nitrogen and oxygen atoms in total. The van der Waals surface area contributed by atoms with Gasteiger partial charge in [-0.3, -0.25) is 4.79 Å². The lowest BCUT2D eigenvalue weighted by atomic mass is 10.1. The number of halogens is 2. The summed E-state index contributed by atoms with van der Waals surface area (Å²) in [5.41, 5.74) is 0.922. The molecule has 2 aromatic rings. The van der Waals surface area contributed by atoms with Crippen LogP contribution >= 0.6 is 0 Å². The van der Waals surface area contributed by atoms with Crippen molar-refractivity contribution in [3.63, 3.8) is 0 Å². The number of benzene rings is 2. The molecule has 1 fully saturated rings. The Kier molecular flexibility index (Phi) is 5.95. The molecule has 0 bridgehead atoms. The number of carbonyl (C=O) groups is 1. The predicted octanol–water partition coefficient (Wildman–Crippen LogP) is 3.19. The Morgan fingerprint density at radius 2 is 1.75 bits per heavy atom. The molecule has 9 heteroatoms. The summed E-state index contributed by atoms with van der Waals surface area (Å²) in [5, 5.41) is 5.66. The van der Waals surface area contributed by atoms with Crippen molar-refractivity contribution in [2.24, 2.45) is 0 Å². The second kappa shape index (κ2) is 8.24. The summed E-state index contributed by atoms with van der Waals surface area (Å²) in [6.07, 6.45) is 1.36. The third kappa shape index (κ3) is 4.66. The largest absolute Gasteiger partial charge is 0.381 e. The van der Waals surface area contributed by atoms with Crippen molar-refractivity contribution in [2.75, 3.05) is 23.7 Å². The van der Waals surface area contributed by atoms with Crippen LogP contribution in [0.2, 0.25) is 0 Å². The average molecular weight is 409 g/mol. The van der Waals surface area contributed by atoms with Gasteiger partial charge in [0, 0.05) is 43.5 Å². The molecule has 0 radical (unpaired) electrons. The van der Waals surface area contributed by atoms with Crippen molar-refractivity contribution >= 4 is 27.3 Å². The molecule has 2 aromatic carbocycles. The molecule has 150 valence electrons. The van der Waals surface area contributed by atoms with Gasteiger partial charge in [-0.15, -0.1) is 0 Å². The van der Waals surface area contributed by atoms with Crippen molar-refractivity contribution in [3.05, 3.63) is 54.1 Å².